The second-order valence-corrected chi connectivity index (χ2v) is 5.60. The Hall–Kier alpha value is -2.92. The van der Waals surface area contributed by atoms with Crippen LogP contribution in [-0.2, 0) is 11.3 Å². The Morgan fingerprint density at radius 1 is 1.42 bits per heavy atom. The van der Waals surface area contributed by atoms with Crippen molar-refractivity contribution in [3.8, 4) is 5.69 Å². The SMILES string of the molecule is COC(=S)NC(c1cc(F)c(-n2cnc(CO)c2)c(F)c1)c1cn[nH]n1. The van der Waals surface area contributed by atoms with Gasteiger partial charge in [0.1, 0.15) is 17.4 Å². The number of imidazole rings is 1. The largest absolute Gasteiger partial charge is 0.474 e. The lowest BCUT2D eigenvalue weighted by Gasteiger charge is -2.19. The molecule has 3 aromatic rings. The number of H-pyrrole nitrogens is 1. The molecular weight excluding hydrogens is 366 g/mol. The van der Waals surface area contributed by atoms with E-state index in [4.69, 9.17) is 22.1 Å². The van der Waals surface area contributed by atoms with E-state index in [-0.39, 0.29) is 23.0 Å². The second kappa shape index (κ2) is 7.54. The molecule has 0 amide bonds. The van der Waals surface area contributed by atoms with E-state index in [1.165, 1.54) is 30.4 Å². The molecule has 0 aliphatic carbocycles. The van der Waals surface area contributed by atoms with Crippen LogP contribution in [0.25, 0.3) is 5.69 Å². The molecule has 0 bridgehead atoms. The zero-order valence-corrected chi connectivity index (χ0v) is 14.3. The number of nitrogens with zero attached hydrogens (tertiary/aromatic N) is 4. The van der Waals surface area contributed by atoms with E-state index in [1.807, 2.05) is 0 Å². The average molecular weight is 380 g/mol. The van der Waals surface area contributed by atoms with Crippen molar-refractivity contribution in [3.05, 3.63) is 59.4 Å². The predicted octanol–water partition coefficient (Wildman–Crippen LogP) is 1.37. The van der Waals surface area contributed by atoms with Crippen LogP contribution < -0.4 is 5.32 Å². The summed E-state index contributed by atoms with van der Waals surface area (Å²) in [6.45, 7) is -0.332. The first kappa shape index (κ1) is 17.9. The summed E-state index contributed by atoms with van der Waals surface area (Å²) in [6, 6.07) is 1.54. The zero-order chi connectivity index (χ0) is 18.7. The van der Waals surface area contributed by atoms with Gasteiger partial charge in [0.05, 0.1) is 31.9 Å². The Morgan fingerprint density at radius 3 is 2.69 bits per heavy atom. The maximum atomic E-state index is 14.6. The monoisotopic (exact) mass is 380 g/mol. The fraction of sp³-hybridized carbons (Fsp3) is 0.200. The molecule has 0 saturated heterocycles. The number of hydrogen-bond acceptors (Lipinski definition) is 6. The van der Waals surface area contributed by atoms with E-state index < -0.39 is 17.7 Å². The van der Waals surface area contributed by atoms with Crippen molar-refractivity contribution < 1.29 is 18.6 Å². The fourth-order valence-corrected chi connectivity index (χ4v) is 2.54. The Bertz CT molecular complexity index is 892. The van der Waals surface area contributed by atoms with Crippen molar-refractivity contribution in [2.75, 3.05) is 7.11 Å². The molecule has 8 nitrogen and oxygen atoms in total. The lowest BCUT2D eigenvalue weighted by molar-refractivity contribution is 0.277. The van der Waals surface area contributed by atoms with E-state index in [0.717, 1.165) is 12.1 Å². The second-order valence-electron chi connectivity index (χ2n) is 5.23. The van der Waals surface area contributed by atoms with Crippen LogP contribution in [0.5, 0.6) is 0 Å². The number of aromatic nitrogens is 5. The molecule has 0 aliphatic rings. The van der Waals surface area contributed by atoms with Crippen molar-refractivity contribution in [3.63, 3.8) is 0 Å². The molecule has 0 saturated carbocycles. The summed E-state index contributed by atoms with van der Waals surface area (Å²) in [5, 5.41) is 22.0. The number of aromatic amines is 1. The lowest BCUT2D eigenvalue weighted by Crippen LogP contribution is -2.29. The molecule has 0 fully saturated rings. The standard InChI is InChI=1S/C15H14F2N6O2S/c1-25-15(26)20-13(12-4-19-22-21-12)8-2-10(16)14(11(17)3-8)23-5-9(6-24)18-7-23/h2-5,7,13,24H,6H2,1H3,(H,20,26)(H,19,21,22). The maximum Gasteiger partial charge on any atom is 0.257 e. The number of hydrogen-bond donors (Lipinski definition) is 3. The van der Waals surface area contributed by atoms with Crippen molar-refractivity contribution in [2.24, 2.45) is 0 Å². The number of ether oxygens (including phenoxy) is 1. The minimum atomic E-state index is -0.819. The first-order valence-corrected chi connectivity index (χ1v) is 7.77. The van der Waals surface area contributed by atoms with Crippen LogP contribution in [0.2, 0.25) is 0 Å². The number of halogens is 2. The molecule has 0 spiro atoms. The van der Waals surface area contributed by atoms with E-state index in [2.05, 4.69) is 25.7 Å². The van der Waals surface area contributed by atoms with Gasteiger partial charge in [-0.15, -0.1) is 0 Å². The smallest absolute Gasteiger partial charge is 0.257 e. The van der Waals surface area contributed by atoms with Gasteiger partial charge in [0.25, 0.3) is 5.17 Å². The third-order valence-electron chi connectivity index (χ3n) is 3.61. The molecule has 11 heteroatoms. The number of aliphatic hydroxyl groups is 1. The quantitative estimate of drug-likeness (QED) is 0.575. The highest BCUT2D eigenvalue weighted by Gasteiger charge is 2.23. The summed E-state index contributed by atoms with van der Waals surface area (Å²) in [4.78, 5) is 3.85. The summed E-state index contributed by atoms with van der Waals surface area (Å²) in [6.07, 6.45) is 3.97. The van der Waals surface area contributed by atoms with Gasteiger partial charge in [0.15, 0.2) is 11.6 Å². The van der Waals surface area contributed by atoms with E-state index in [0.29, 0.717) is 11.4 Å². The normalized spacial score (nSPS) is 12.0. The minimum Gasteiger partial charge on any atom is -0.474 e. The maximum absolute atomic E-state index is 14.6. The molecule has 1 atom stereocenters. The van der Waals surface area contributed by atoms with Crippen molar-refractivity contribution in [1.82, 2.24) is 30.3 Å². The molecule has 2 heterocycles. The van der Waals surface area contributed by atoms with Crippen LogP contribution >= 0.6 is 12.2 Å². The van der Waals surface area contributed by atoms with Crippen molar-refractivity contribution in [1.29, 1.82) is 0 Å². The third-order valence-corrected chi connectivity index (χ3v) is 3.89. The molecule has 1 unspecified atom stereocenters. The zero-order valence-electron chi connectivity index (χ0n) is 13.5. The Labute approximate surface area is 151 Å². The summed E-state index contributed by atoms with van der Waals surface area (Å²) >= 11 is 4.97. The first-order chi connectivity index (χ1) is 12.5. The van der Waals surface area contributed by atoms with Gasteiger partial charge < -0.3 is 19.7 Å². The molecule has 1 aromatic carbocycles. The van der Waals surface area contributed by atoms with Crippen LogP contribution in [0.4, 0.5) is 8.78 Å². The molecule has 3 rings (SSSR count). The highest BCUT2D eigenvalue weighted by molar-refractivity contribution is 7.80. The average Bonchev–Trinajstić information content (AvgIpc) is 3.30. The predicted molar refractivity (Wildman–Crippen MR) is 90.4 cm³/mol. The van der Waals surface area contributed by atoms with Gasteiger partial charge in [-0.25, -0.2) is 13.8 Å². The van der Waals surface area contributed by atoms with Crippen molar-refractivity contribution in [2.45, 2.75) is 12.6 Å². The van der Waals surface area contributed by atoms with Gasteiger partial charge in [-0.2, -0.15) is 15.4 Å². The summed E-state index contributed by atoms with van der Waals surface area (Å²) in [5.41, 5.74) is 0.593. The molecule has 26 heavy (non-hydrogen) atoms. The van der Waals surface area contributed by atoms with Gasteiger partial charge in [0.2, 0.25) is 0 Å². The van der Waals surface area contributed by atoms with Crippen LogP contribution in [-0.4, -0.2) is 42.4 Å². The number of nitrogens with one attached hydrogen (secondary N) is 2. The number of rotatable bonds is 5. The van der Waals surface area contributed by atoms with E-state index in [1.54, 1.807) is 0 Å². The number of aliphatic hydroxyl groups excluding tert-OH is 1. The Balaban J connectivity index is 2.02. The third kappa shape index (κ3) is 3.53. The lowest BCUT2D eigenvalue weighted by atomic mass is 10.0. The topological polar surface area (TPSA) is 101 Å². The van der Waals surface area contributed by atoms with Gasteiger partial charge in [0, 0.05) is 6.20 Å². The summed E-state index contributed by atoms with van der Waals surface area (Å²) in [7, 11) is 1.37. The van der Waals surface area contributed by atoms with Crippen molar-refractivity contribution >= 4 is 17.4 Å². The van der Waals surface area contributed by atoms with Gasteiger partial charge in [-0.3, -0.25) is 0 Å². The molecule has 136 valence electrons. The van der Waals surface area contributed by atoms with Crippen LogP contribution in [0.1, 0.15) is 23.0 Å². The summed E-state index contributed by atoms with van der Waals surface area (Å²) in [5.74, 6) is -1.64. The molecule has 0 radical (unpaired) electrons. The van der Waals surface area contributed by atoms with Crippen LogP contribution in [0.15, 0.2) is 30.9 Å². The molecule has 0 aliphatic heterocycles. The number of benzene rings is 1. The Morgan fingerprint density at radius 2 is 2.15 bits per heavy atom. The summed E-state index contributed by atoms with van der Waals surface area (Å²) < 4.78 is 35.4. The molecule has 2 aromatic heterocycles. The van der Waals surface area contributed by atoms with Gasteiger partial charge in [-0.1, -0.05) is 0 Å². The molecular formula is C15H14F2N6O2S. The van der Waals surface area contributed by atoms with Gasteiger partial charge >= 0.3 is 0 Å². The Kier molecular flexibility index (Phi) is 5.19. The fourth-order valence-electron chi connectivity index (χ4n) is 2.42. The van der Waals surface area contributed by atoms with E-state index in [9.17, 15) is 8.78 Å². The highest BCUT2D eigenvalue weighted by atomic mass is 32.1. The van der Waals surface area contributed by atoms with Gasteiger partial charge in [-0.05, 0) is 29.9 Å². The highest BCUT2D eigenvalue weighted by Crippen LogP contribution is 2.26. The van der Waals surface area contributed by atoms with Crippen LogP contribution in [0, 0.1) is 11.6 Å². The van der Waals surface area contributed by atoms with E-state index >= 15 is 0 Å². The first-order valence-electron chi connectivity index (χ1n) is 7.36. The number of thiocarbonyl (C=S) groups is 1. The number of methoxy groups -OCH3 is 1. The van der Waals surface area contributed by atoms with Crippen LogP contribution in [0.3, 0.4) is 0 Å². The molecule has 3 N–H and O–H groups in total. The minimum absolute atomic E-state index is 0.0325.